The molecule has 5 nitrogen and oxygen atoms in total. The number of rotatable bonds is 5. The molecule has 0 fully saturated rings. The summed E-state index contributed by atoms with van der Waals surface area (Å²) in [6.07, 6.45) is -1.05. The maximum atomic E-state index is 11.2. The van der Waals surface area contributed by atoms with Gasteiger partial charge in [0.05, 0.1) is 12.5 Å². The summed E-state index contributed by atoms with van der Waals surface area (Å²) >= 11 is 0. The van der Waals surface area contributed by atoms with Gasteiger partial charge in [-0.1, -0.05) is 30.3 Å². The zero-order chi connectivity index (χ0) is 12.0. The number of carbonyl (C=O) groups is 2. The predicted octanol–water partition coefficient (Wildman–Crippen LogP) is 0.311. The van der Waals surface area contributed by atoms with Gasteiger partial charge in [0.2, 0.25) is 5.91 Å². The highest BCUT2D eigenvalue weighted by Gasteiger charge is 2.12. The lowest BCUT2D eigenvalue weighted by Crippen LogP contribution is -2.30. The molecule has 1 unspecified atom stereocenters. The predicted molar refractivity (Wildman–Crippen MR) is 56.7 cm³/mol. The number of carboxylic acids is 1. The molecule has 0 bridgehead atoms. The third-order valence-electron chi connectivity index (χ3n) is 2.00. The highest BCUT2D eigenvalue weighted by atomic mass is 16.4. The van der Waals surface area contributed by atoms with Crippen LogP contribution < -0.4 is 5.32 Å². The van der Waals surface area contributed by atoms with Gasteiger partial charge in [0.1, 0.15) is 6.54 Å². The molecule has 0 saturated carbocycles. The van der Waals surface area contributed by atoms with Gasteiger partial charge in [0, 0.05) is 0 Å². The first-order valence-corrected chi connectivity index (χ1v) is 4.81. The Morgan fingerprint density at radius 2 is 1.88 bits per heavy atom. The van der Waals surface area contributed by atoms with Crippen molar-refractivity contribution in [3.8, 4) is 0 Å². The number of hydrogen-bond acceptors (Lipinski definition) is 3. The minimum absolute atomic E-state index is 0.142. The largest absolute Gasteiger partial charge is 0.480 e. The quantitative estimate of drug-likeness (QED) is 0.670. The summed E-state index contributed by atoms with van der Waals surface area (Å²) in [6, 6.07) is 8.73. The van der Waals surface area contributed by atoms with Crippen LogP contribution in [0, 0.1) is 0 Å². The maximum Gasteiger partial charge on any atom is 0.322 e. The molecule has 0 aliphatic rings. The van der Waals surface area contributed by atoms with Crippen LogP contribution in [0.25, 0.3) is 0 Å². The van der Waals surface area contributed by atoms with Crippen LogP contribution in [0.3, 0.4) is 0 Å². The molecule has 3 N–H and O–H groups in total. The lowest BCUT2D eigenvalue weighted by molar-refractivity contribution is -0.138. The number of aliphatic carboxylic acids is 1. The Hall–Kier alpha value is -1.88. The van der Waals surface area contributed by atoms with E-state index in [1.807, 2.05) is 0 Å². The van der Waals surface area contributed by atoms with Crippen molar-refractivity contribution in [1.82, 2.24) is 5.32 Å². The van der Waals surface area contributed by atoms with Crippen molar-refractivity contribution in [2.24, 2.45) is 0 Å². The standard InChI is InChI=1S/C11H13NO4/c13-9(8-4-2-1-3-5-8)6-10(14)12-7-11(15)16/h1-5,9,13H,6-7H2,(H,12,14)(H,15,16). The van der Waals surface area contributed by atoms with Gasteiger partial charge < -0.3 is 15.5 Å². The minimum Gasteiger partial charge on any atom is -0.480 e. The van der Waals surface area contributed by atoms with Crippen molar-refractivity contribution in [2.45, 2.75) is 12.5 Å². The summed E-state index contributed by atoms with van der Waals surface area (Å²) in [4.78, 5) is 21.4. The normalized spacial score (nSPS) is 11.8. The number of carbonyl (C=O) groups excluding carboxylic acids is 1. The van der Waals surface area contributed by atoms with E-state index < -0.39 is 24.5 Å². The maximum absolute atomic E-state index is 11.2. The fourth-order valence-corrected chi connectivity index (χ4v) is 1.22. The van der Waals surface area contributed by atoms with Crippen LogP contribution in [-0.4, -0.2) is 28.6 Å². The lowest BCUT2D eigenvalue weighted by Gasteiger charge is -2.10. The summed E-state index contributed by atoms with van der Waals surface area (Å²) in [6.45, 7) is -0.430. The monoisotopic (exact) mass is 223 g/mol. The van der Waals surface area contributed by atoms with Gasteiger partial charge in [-0.25, -0.2) is 0 Å². The minimum atomic E-state index is -1.11. The van der Waals surface area contributed by atoms with E-state index in [1.165, 1.54) is 0 Å². The Balaban J connectivity index is 2.43. The molecule has 1 rings (SSSR count). The zero-order valence-electron chi connectivity index (χ0n) is 8.59. The molecule has 1 aromatic carbocycles. The van der Waals surface area contributed by atoms with Crippen LogP contribution in [0.5, 0.6) is 0 Å². The highest BCUT2D eigenvalue weighted by Crippen LogP contribution is 2.15. The van der Waals surface area contributed by atoms with Crippen LogP contribution in [0.4, 0.5) is 0 Å². The molecule has 0 radical (unpaired) electrons. The molecule has 1 atom stereocenters. The topological polar surface area (TPSA) is 86.6 Å². The summed E-state index contributed by atoms with van der Waals surface area (Å²) in [5, 5.41) is 20.2. The molecule has 0 aliphatic heterocycles. The molecule has 1 amide bonds. The Morgan fingerprint density at radius 3 is 2.44 bits per heavy atom. The molecule has 1 aromatic rings. The van der Waals surface area contributed by atoms with Crippen molar-refractivity contribution in [1.29, 1.82) is 0 Å². The Bertz CT molecular complexity index is 364. The first-order valence-electron chi connectivity index (χ1n) is 4.81. The van der Waals surface area contributed by atoms with Gasteiger partial charge in [-0.3, -0.25) is 9.59 Å². The number of hydrogen-bond donors (Lipinski definition) is 3. The van der Waals surface area contributed by atoms with Gasteiger partial charge in [0.15, 0.2) is 0 Å². The Labute approximate surface area is 92.7 Å². The molecule has 86 valence electrons. The number of amides is 1. The zero-order valence-corrected chi connectivity index (χ0v) is 8.59. The van der Waals surface area contributed by atoms with Crippen LogP contribution >= 0.6 is 0 Å². The third kappa shape index (κ3) is 4.10. The third-order valence-corrected chi connectivity index (χ3v) is 2.00. The molecule has 0 saturated heterocycles. The molecule has 0 aliphatic carbocycles. The van der Waals surface area contributed by atoms with Gasteiger partial charge in [-0.2, -0.15) is 0 Å². The smallest absolute Gasteiger partial charge is 0.322 e. The van der Waals surface area contributed by atoms with Gasteiger partial charge >= 0.3 is 5.97 Å². The molecule has 0 aromatic heterocycles. The van der Waals surface area contributed by atoms with E-state index in [1.54, 1.807) is 30.3 Å². The average molecular weight is 223 g/mol. The van der Waals surface area contributed by atoms with Crippen LogP contribution in [-0.2, 0) is 9.59 Å². The van der Waals surface area contributed by atoms with Crippen molar-refractivity contribution in [3.63, 3.8) is 0 Å². The number of aliphatic hydroxyl groups is 1. The summed E-state index contributed by atoms with van der Waals surface area (Å²) in [5.74, 6) is -1.60. The first kappa shape index (κ1) is 12.2. The highest BCUT2D eigenvalue weighted by molar-refractivity contribution is 5.81. The summed E-state index contributed by atoms with van der Waals surface area (Å²) in [7, 11) is 0. The van der Waals surface area contributed by atoms with E-state index in [-0.39, 0.29) is 6.42 Å². The number of nitrogens with one attached hydrogen (secondary N) is 1. The van der Waals surface area contributed by atoms with Gasteiger partial charge in [-0.05, 0) is 5.56 Å². The van der Waals surface area contributed by atoms with E-state index in [0.29, 0.717) is 5.56 Å². The number of aliphatic hydroxyl groups excluding tert-OH is 1. The van der Waals surface area contributed by atoms with E-state index in [2.05, 4.69) is 5.32 Å². The van der Waals surface area contributed by atoms with Crippen molar-refractivity contribution in [3.05, 3.63) is 35.9 Å². The van der Waals surface area contributed by atoms with E-state index >= 15 is 0 Å². The second kappa shape index (κ2) is 5.87. The van der Waals surface area contributed by atoms with Gasteiger partial charge in [-0.15, -0.1) is 0 Å². The van der Waals surface area contributed by atoms with Crippen LogP contribution in [0.15, 0.2) is 30.3 Å². The fraction of sp³-hybridized carbons (Fsp3) is 0.273. The fourth-order valence-electron chi connectivity index (χ4n) is 1.22. The van der Waals surface area contributed by atoms with E-state index in [4.69, 9.17) is 5.11 Å². The van der Waals surface area contributed by atoms with Crippen molar-refractivity contribution in [2.75, 3.05) is 6.54 Å². The molecular formula is C11H13NO4. The average Bonchev–Trinajstić information content (AvgIpc) is 2.27. The lowest BCUT2D eigenvalue weighted by atomic mass is 10.1. The second-order valence-electron chi connectivity index (χ2n) is 3.30. The van der Waals surface area contributed by atoms with Gasteiger partial charge in [0.25, 0.3) is 0 Å². The van der Waals surface area contributed by atoms with E-state index in [9.17, 15) is 14.7 Å². The molecular weight excluding hydrogens is 210 g/mol. The SMILES string of the molecule is O=C(O)CNC(=O)CC(O)c1ccccc1. The summed E-state index contributed by atoms with van der Waals surface area (Å²) in [5.41, 5.74) is 0.632. The molecule has 0 heterocycles. The number of carboxylic acid groups (broad SMARTS) is 1. The Kier molecular flexibility index (Phi) is 4.47. The number of benzene rings is 1. The first-order chi connectivity index (χ1) is 7.59. The Morgan fingerprint density at radius 1 is 1.25 bits per heavy atom. The van der Waals surface area contributed by atoms with Crippen molar-refractivity contribution < 1.29 is 19.8 Å². The van der Waals surface area contributed by atoms with Crippen LogP contribution in [0.2, 0.25) is 0 Å². The summed E-state index contributed by atoms with van der Waals surface area (Å²) < 4.78 is 0. The van der Waals surface area contributed by atoms with Crippen molar-refractivity contribution >= 4 is 11.9 Å². The second-order valence-corrected chi connectivity index (χ2v) is 3.30. The van der Waals surface area contributed by atoms with E-state index in [0.717, 1.165) is 0 Å². The molecule has 0 spiro atoms. The molecule has 5 heteroatoms. The van der Waals surface area contributed by atoms with Crippen LogP contribution in [0.1, 0.15) is 18.1 Å². The molecule has 16 heavy (non-hydrogen) atoms.